The Balaban J connectivity index is 2.20. The van der Waals surface area contributed by atoms with E-state index in [1.54, 1.807) is 6.07 Å². The zero-order valence-corrected chi connectivity index (χ0v) is 9.56. The van der Waals surface area contributed by atoms with Crippen molar-refractivity contribution in [2.24, 2.45) is 0 Å². The summed E-state index contributed by atoms with van der Waals surface area (Å²) in [5.74, 6) is 0.893. The number of aryl methyl sites for hydroxylation is 1. The maximum Gasteiger partial charge on any atom is 0.123 e. The molecule has 1 aliphatic rings. The molecule has 1 N–H and O–H groups in total. The van der Waals surface area contributed by atoms with Crippen molar-refractivity contribution in [3.8, 4) is 0 Å². The predicted octanol–water partition coefficient (Wildman–Crippen LogP) is 3.06. The van der Waals surface area contributed by atoms with Gasteiger partial charge in [0, 0.05) is 5.25 Å². The zero-order valence-electron chi connectivity index (χ0n) is 8.74. The topological polar surface area (TPSA) is 20.2 Å². The van der Waals surface area contributed by atoms with Gasteiger partial charge in [-0.05, 0) is 48.8 Å². The number of benzene rings is 1. The first-order valence-corrected chi connectivity index (χ1v) is 6.29. The largest absolute Gasteiger partial charge is 0.387 e. The van der Waals surface area contributed by atoms with Gasteiger partial charge in [0.15, 0.2) is 0 Å². The number of halogens is 1. The minimum absolute atomic E-state index is 0.234. The van der Waals surface area contributed by atoms with Crippen LogP contribution in [0.15, 0.2) is 18.2 Å². The van der Waals surface area contributed by atoms with Gasteiger partial charge in [-0.25, -0.2) is 4.39 Å². The highest BCUT2D eigenvalue weighted by Crippen LogP contribution is 2.36. The van der Waals surface area contributed by atoms with Gasteiger partial charge in [-0.1, -0.05) is 6.07 Å². The minimum atomic E-state index is -0.446. The molecule has 1 aliphatic heterocycles. The highest BCUT2D eigenvalue weighted by Gasteiger charge is 2.26. The van der Waals surface area contributed by atoms with E-state index < -0.39 is 6.10 Å². The monoisotopic (exact) mass is 226 g/mol. The van der Waals surface area contributed by atoms with Crippen LogP contribution < -0.4 is 0 Å². The second-order valence-electron chi connectivity index (χ2n) is 4.00. The molecular formula is C12H15FOS. The summed E-state index contributed by atoms with van der Waals surface area (Å²) in [6, 6.07) is 4.61. The van der Waals surface area contributed by atoms with E-state index in [1.807, 2.05) is 18.7 Å². The normalized spacial score (nSPS) is 23.0. The first-order valence-electron chi connectivity index (χ1n) is 5.24. The molecule has 2 atom stereocenters. The molecule has 2 rings (SSSR count). The van der Waals surface area contributed by atoms with Crippen molar-refractivity contribution < 1.29 is 9.50 Å². The fourth-order valence-corrected chi connectivity index (χ4v) is 3.32. The van der Waals surface area contributed by atoms with Crippen LogP contribution in [0.3, 0.4) is 0 Å². The van der Waals surface area contributed by atoms with Crippen LogP contribution in [-0.4, -0.2) is 16.1 Å². The van der Waals surface area contributed by atoms with Gasteiger partial charge in [0.05, 0.1) is 6.10 Å². The summed E-state index contributed by atoms with van der Waals surface area (Å²) in [4.78, 5) is 0. The van der Waals surface area contributed by atoms with Crippen LogP contribution in [0.5, 0.6) is 0 Å². The Morgan fingerprint density at radius 3 is 2.93 bits per heavy atom. The molecule has 82 valence electrons. The van der Waals surface area contributed by atoms with Crippen molar-refractivity contribution >= 4 is 11.8 Å². The standard InChI is InChI=1S/C12H15FOS/c1-8-7-9(13)4-5-10(8)12(14)11-3-2-6-15-11/h4-5,7,11-12,14H,2-3,6H2,1H3. The van der Waals surface area contributed by atoms with Crippen LogP contribution in [0.2, 0.25) is 0 Å². The summed E-state index contributed by atoms with van der Waals surface area (Å²) >= 11 is 1.81. The molecule has 0 bridgehead atoms. The molecule has 0 amide bonds. The Hall–Kier alpha value is -0.540. The second kappa shape index (κ2) is 4.54. The Morgan fingerprint density at radius 1 is 1.53 bits per heavy atom. The average molecular weight is 226 g/mol. The van der Waals surface area contributed by atoms with E-state index in [-0.39, 0.29) is 11.1 Å². The van der Waals surface area contributed by atoms with Crippen LogP contribution in [0.1, 0.15) is 30.1 Å². The number of aliphatic hydroxyl groups is 1. The van der Waals surface area contributed by atoms with E-state index in [0.717, 1.165) is 23.3 Å². The van der Waals surface area contributed by atoms with E-state index in [1.165, 1.54) is 18.6 Å². The Kier molecular flexibility index (Phi) is 3.32. The highest BCUT2D eigenvalue weighted by atomic mass is 32.2. The number of rotatable bonds is 2. The maximum absolute atomic E-state index is 12.9. The van der Waals surface area contributed by atoms with Gasteiger partial charge in [0.1, 0.15) is 5.82 Å². The fourth-order valence-electron chi connectivity index (χ4n) is 2.02. The third-order valence-electron chi connectivity index (χ3n) is 2.87. The number of aliphatic hydroxyl groups excluding tert-OH is 1. The molecule has 1 heterocycles. The van der Waals surface area contributed by atoms with Crippen LogP contribution >= 0.6 is 11.8 Å². The summed E-state index contributed by atoms with van der Waals surface area (Å²) in [5.41, 5.74) is 1.71. The van der Waals surface area contributed by atoms with E-state index in [0.29, 0.717) is 0 Å². The molecule has 1 fully saturated rings. The Bertz CT molecular complexity index is 347. The minimum Gasteiger partial charge on any atom is -0.387 e. The van der Waals surface area contributed by atoms with Crippen molar-refractivity contribution in [2.75, 3.05) is 5.75 Å². The quantitative estimate of drug-likeness (QED) is 0.836. The average Bonchev–Trinajstić information content (AvgIpc) is 2.69. The Morgan fingerprint density at radius 2 is 2.33 bits per heavy atom. The molecule has 1 nitrogen and oxygen atoms in total. The summed E-state index contributed by atoms with van der Waals surface area (Å²) in [7, 11) is 0. The van der Waals surface area contributed by atoms with Crippen molar-refractivity contribution in [3.05, 3.63) is 35.1 Å². The molecule has 0 aliphatic carbocycles. The molecule has 0 spiro atoms. The molecule has 15 heavy (non-hydrogen) atoms. The lowest BCUT2D eigenvalue weighted by molar-refractivity contribution is 0.172. The van der Waals surface area contributed by atoms with E-state index in [2.05, 4.69) is 0 Å². The molecule has 0 aromatic heterocycles. The predicted molar refractivity (Wildman–Crippen MR) is 61.6 cm³/mol. The molecule has 3 heteroatoms. The van der Waals surface area contributed by atoms with Gasteiger partial charge in [-0.15, -0.1) is 0 Å². The number of hydrogen-bond acceptors (Lipinski definition) is 2. The smallest absolute Gasteiger partial charge is 0.123 e. The first kappa shape index (κ1) is 11.0. The Labute approximate surface area is 93.7 Å². The van der Waals surface area contributed by atoms with Crippen LogP contribution in [0.4, 0.5) is 4.39 Å². The van der Waals surface area contributed by atoms with Gasteiger partial charge in [-0.2, -0.15) is 11.8 Å². The lowest BCUT2D eigenvalue weighted by Crippen LogP contribution is -2.13. The van der Waals surface area contributed by atoms with Crippen LogP contribution in [-0.2, 0) is 0 Å². The van der Waals surface area contributed by atoms with Gasteiger partial charge in [-0.3, -0.25) is 0 Å². The van der Waals surface area contributed by atoms with Crippen molar-refractivity contribution in [3.63, 3.8) is 0 Å². The second-order valence-corrected chi connectivity index (χ2v) is 5.34. The third-order valence-corrected chi connectivity index (χ3v) is 4.31. The molecular weight excluding hydrogens is 211 g/mol. The van der Waals surface area contributed by atoms with Crippen molar-refractivity contribution in [1.29, 1.82) is 0 Å². The van der Waals surface area contributed by atoms with Gasteiger partial charge in [0.25, 0.3) is 0 Å². The summed E-state index contributed by atoms with van der Waals surface area (Å²) < 4.78 is 12.9. The van der Waals surface area contributed by atoms with Gasteiger partial charge < -0.3 is 5.11 Å². The van der Waals surface area contributed by atoms with Crippen molar-refractivity contribution in [1.82, 2.24) is 0 Å². The molecule has 1 saturated heterocycles. The highest BCUT2D eigenvalue weighted by molar-refractivity contribution is 8.00. The first-order chi connectivity index (χ1) is 7.18. The van der Waals surface area contributed by atoms with E-state index in [9.17, 15) is 9.50 Å². The number of thioether (sulfide) groups is 1. The van der Waals surface area contributed by atoms with E-state index >= 15 is 0 Å². The summed E-state index contributed by atoms with van der Waals surface area (Å²) in [6.07, 6.45) is 1.79. The molecule has 1 aromatic rings. The van der Waals surface area contributed by atoms with Gasteiger partial charge >= 0.3 is 0 Å². The zero-order chi connectivity index (χ0) is 10.8. The third kappa shape index (κ3) is 2.34. The molecule has 2 unspecified atom stereocenters. The summed E-state index contributed by atoms with van der Waals surface area (Å²) in [5, 5.41) is 10.4. The van der Waals surface area contributed by atoms with Crippen LogP contribution in [0, 0.1) is 12.7 Å². The summed E-state index contributed by atoms with van der Waals surface area (Å²) in [6.45, 7) is 1.85. The lowest BCUT2D eigenvalue weighted by atomic mass is 9.99. The van der Waals surface area contributed by atoms with Crippen molar-refractivity contribution in [2.45, 2.75) is 31.1 Å². The lowest BCUT2D eigenvalue weighted by Gasteiger charge is -2.19. The van der Waals surface area contributed by atoms with Gasteiger partial charge in [0.2, 0.25) is 0 Å². The van der Waals surface area contributed by atoms with Crippen LogP contribution in [0.25, 0.3) is 0 Å². The molecule has 1 aromatic carbocycles. The SMILES string of the molecule is Cc1cc(F)ccc1C(O)C1CCCS1. The molecule has 0 radical (unpaired) electrons. The number of hydrogen-bond donors (Lipinski definition) is 1. The maximum atomic E-state index is 12.9. The van der Waals surface area contributed by atoms with E-state index in [4.69, 9.17) is 0 Å². The fraction of sp³-hybridized carbons (Fsp3) is 0.500. The molecule has 0 saturated carbocycles.